The Bertz CT molecular complexity index is 985. The van der Waals surface area contributed by atoms with Crippen LogP contribution in [0.2, 0.25) is 5.02 Å². The van der Waals surface area contributed by atoms with Crippen LogP contribution in [0.4, 0.5) is 18.9 Å². The van der Waals surface area contributed by atoms with E-state index in [0.717, 1.165) is 28.9 Å². The van der Waals surface area contributed by atoms with Crippen LogP contribution < -0.4 is 4.90 Å². The van der Waals surface area contributed by atoms with Crippen molar-refractivity contribution in [1.82, 2.24) is 4.31 Å². The Balaban J connectivity index is 1.81. The van der Waals surface area contributed by atoms with Crippen LogP contribution in [0.1, 0.15) is 16.7 Å². The summed E-state index contributed by atoms with van der Waals surface area (Å²) in [6.45, 7) is 5.34. The second-order valence-corrected chi connectivity index (χ2v) is 9.09. The van der Waals surface area contributed by atoms with E-state index in [1.54, 1.807) is 0 Å². The molecule has 1 aliphatic rings. The highest BCUT2D eigenvalue weighted by atomic mass is 35.5. The number of piperazine rings is 1. The molecule has 0 spiro atoms. The van der Waals surface area contributed by atoms with Crippen LogP contribution in [-0.4, -0.2) is 38.9 Å². The maximum Gasteiger partial charge on any atom is 0.417 e. The zero-order valence-corrected chi connectivity index (χ0v) is 17.0. The molecule has 0 bridgehead atoms. The number of halogens is 4. The van der Waals surface area contributed by atoms with Crippen molar-refractivity contribution < 1.29 is 21.6 Å². The molecule has 4 nitrogen and oxygen atoms in total. The fourth-order valence-electron chi connectivity index (χ4n) is 3.28. The number of anilines is 1. The van der Waals surface area contributed by atoms with Gasteiger partial charge >= 0.3 is 6.18 Å². The van der Waals surface area contributed by atoms with Crippen LogP contribution in [0.15, 0.2) is 41.3 Å². The lowest BCUT2D eigenvalue weighted by atomic mass is 10.1. The predicted molar refractivity (Wildman–Crippen MR) is 103 cm³/mol. The molecule has 9 heteroatoms. The number of alkyl halides is 3. The van der Waals surface area contributed by atoms with Gasteiger partial charge in [0.2, 0.25) is 10.0 Å². The van der Waals surface area contributed by atoms with Gasteiger partial charge < -0.3 is 4.90 Å². The molecule has 2 aromatic carbocycles. The van der Waals surface area contributed by atoms with Gasteiger partial charge in [0.25, 0.3) is 0 Å². The lowest BCUT2D eigenvalue weighted by Crippen LogP contribution is -2.48. The lowest BCUT2D eigenvalue weighted by Gasteiger charge is -2.36. The van der Waals surface area contributed by atoms with Crippen molar-refractivity contribution in [2.45, 2.75) is 24.9 Å². The second-order valence-electron chi connectivity index (χ2n) is 6.75. The molecule has 152 valence electrons. The maximum atomic E-state index is 13.1. The SMILES string of the molecule is Cc1cccc(N2CCN(S(=O)(=O)c3ccc(Cl)c(C(F)(F)F)c3)CC2)c1C. The summed E-state index contributed by atoms with van der Waals surface area (Å²) >= 11 is 5.60. The molecule has 0 unspecified atom stereocenters. The van der Waals surface area contributed by atoms with E-state index in [1.807, 2.05) is 32.0 Å². The second kappa shape index (κ2) is 7.57. The summed E-state index contributed by atoms with van der Waals surface area (Å²) in [4.78, 5) is 1.70. The van der Waals surface area contributed by atoms with Crippen molar-refractivity contribution in [3.05, 3.63) is 58.1 Å². The summed E-state index contributed by atoms with van der Waals surface area (Å²) in [6, 6.07) is 8.65. The summed E-state index contributed by atoms with van der Waals surface area (Å²) in [5.41, 5.74) is 2.17. The molecule has 1 saturated heterocycles. The molecular formula is C19H20ClF3N2O2S. The minimum atomic E-state index is -4.72. The topological polar surface area (TPSA) is 40.6 Å². The van der Waals surface area contributed by atoms with Gasteiger partial charge in [-0.25, -0.2) is 8.42 Å². The van der Waals surface area contributed by atoms with Gasteiger partial charge in [-0.3, -0.25) is 0 Å². The van der Waals surface area contributed by atoms with Gasteiger partial charge in [-0.05, 0) is 49.2 Å². The van der Waals surface area contributed by atoms with Crippen LogP contribution in [0.5, 0.6) is 0 Å². The molecule has 28 heavy (non-hydrogen) atoms. The van der Waals surface area contributed by atoms with Crippen molar-refractivity contribution in [1.29, 1.82) is 0 Å². The Kier molecular flexibility index (Phi) is 5.67. The maximum absolute atomic E-state index is 13.1. The van der Waals surface area contributed by atoms with E-state index < -0.39 is 31.7 Å². The van der Waals surface area contributed by atoms with Crippen LogP contribution in [-0.2, 0) is 16.2 Å². The van der Waals surface area contributed by atoms with E-state index in [2.05, 4.69) is 4.90 Å². The van der Waals surface area contributed by atoms with Crippen molar-refractivity contribution in [2.75, 3.05) is 31.1 Å². The Morgan fingerprint density at radius 1 is 1.00 bits per heavy atom. The smallest absolute Gasteiger partial charge is 0.369 e. The van der Waals surface area contributed by atoms with E-state index >= 15 is 0 Å². The molecule has 0 amide bonds. The molecule has 0 saturated carbocycles. The molecular weight excluding hydrogens is 413 g/mol. The summed E-state index contributed by atoms with van der Waals surface area (Å²) in [5.74, 6) is 0. The largest absolute Gasteiger partial charge is 0.417 e. The number of aryl methyl sites for hydroxylation is 1. The zero-order chi connectivity index (χ0) is 20.7. The fourth-order valence-corrected chi connectivity index (χ4v) is 4.95. The Morgan fingerprint density at radius 3 is 2.25 bits per heavy atom. The number of sulfonamides is 1. The Hall–Kier alpha value is -1.77. The first kappa shape index (κ1) is 21.0. The van der Waals surface area contributed by atoms with Gasteiger partial charge in [0.15, 0.2) is 0 Å². The normalized spacial score (nSPS) is 16.4. The third kappa shape index (κ3) is 3.99. The monoisotopic (exact) mass is 432 g/mol. The minimum absolute atomic E-state index is 0.194. The van der Waals surface area contributed by atoms with Crippen LogP contribution >= 0.6 is 11.6 Å². The van der Waals surface area contributed by atoms with Crippen LogP contribution in [0, 0.1) is 13.8 Å². The van der Waals surface area contributed by atoms with E-state index in [9.17, 15) is 21.6 Å². The average molecular weight is 433 g/mol. The highest BCUT2D eigenvalue weighted by Crippen LogP contribution is 2.36. The summed E-state index contributed by atoms with van der Waals surface area (Å²) in [6.07, 6.45) is -4.72. The first-order valence-corrected chi connectivity index (χ1v) is 10.5. The van der Waals surface area contributed by atoms with Gasteiger partial charge in [-0.15, -0.1) is 0 Å². The summed E-state index contributed by atoms with van der Waals surface area (Å²) in [7, 11) is -4.04. The van der Waals surface area contributed by atoms with Gasteiger partial charge in [0.1, 0.15) is 0 Å². The fraction of sp³-hybridized carbons (Fsp3) is 0.368. The van der Waals surface area contributed by atoms with Gasteiger partial charge in [-0.1, -0.05) is 23.7 Å². The highest BCUT2D eigenvalue weighted by Gasteiger charge is 2.36. The number of hydrogen-bond acceptors (Lipinski definition) is 3. The van der Waals surface area contributed by atoms with Gasteiger partial charge in [0.05, 0.1) is 15.5 Å². The van der Waals surface area contributed by atoms with Crippen LogP contribution in [0.25, 0.3) is 0 Å². The number of hydrogen-bond donors (Lipinski definition) is 0. The van der Waals surface area contributed by atoms with Gasteiger partial charge in [0, 0.05) is 31.9 Å². The molecule has 1 heterocycles. The van der Waals surface area contributed by atoms with E-state index in [4.69, 9.17) is 11.6 Å². The number of nitrogens with zero attached hydrogens (tertiary/aromatic N) is 2. The average Bonchev–Trinajstić information content (AvgIpc) is 2.63. The molecule has 2 aromatic rings. The third-order valence-corrected chi connectivity index (χ3v) is 7.26. The molecule has 0 aliphatic carbocycles. The number of rotatable bonds is 3. The molecule has 0 radical (unpaired) electrons. The minimum Gasteiger partial charge on any atom is -0.369 e. The molecule has 0 aromatic heterocycles. The highest BCUT2D eigenvalue weighted by molar-refractivity contribution is 7.89. The van der Waals surface area contributed by atoms with Crippen molar-refractivity contribution >= 4 is 27.3 Å². The predicted octanol–water partition coefficient (Wildman–Crippen LogP) is 4.49. The van der Waals surface area contributed by atoms with Crippen molar-refractivity contribution in [3.8, 4) is 0 Å². The third-order valence-electron chi connectivity index (χ3n) is 5.04. The molecule has 0 N–H and O–H groups in total. The zero-order valence-electron chi connectivity index (χ0n) is 15.4. The van der Waals surface area contributed by atoms with Crippen LogP contribution in [0.3, 0.4) is 0 Å². The first-order chi connectivity index (χ1) is 13.0. The van der Waals surface area contributed by atoms with E-state index in [-0.39, 0.29) is 13.1 Å². The molecule has 1 aliphatic heterocycles. The van der Waals surface area contributed by atoms with Crippen molar-refractivity contribution in [3.63, 3.8) is 0 Å². The molecule has 0 atom stereocenters. The van der Waals surface area contributed by atoms with Gasteiger partial charge in [-0.2, -0.15) is 17.5 Å². The summed E-state index contributed by atoms with van der Waals surface area (Å²) in [5, 5.41) is -0.522. The number of benzene rings is 2. The molecule has 1 fully saturated rings. The summed E-state index contributed by atoms with van der Waals surface area (Å²) < 4.78 is 66.1. The standard InChI is InChI=1S/C19H20ClF3N2O2S/c1-13-4-3-5-18(14(13)2)24-8-10-25(11-9-24)28(26,27)15-6-7-17(20)16(12-15)19(21,22)23/h3-7,12H,8-11H2,1-2H3. The van der Waals surface area contributed by atoms with E-state index in [0.29, 0.717) is 19.2 Å². The molecule has 3 rings (SSSR count). The Labute approximate surface area is 167 Å². The lowest BCUT2D eigenvalue weighted by molar-refractivity contribution is -0.137. The Morgan fingerprint density at radius 2 is 1.64 bits per heavy atom. The first-order valence-electron chi connectivity index (χ1n) is 8.70. The van der Waals surface area contributed by atoms with Crippen molar-refractivity contribution in [2.24, 2.45) is 0 Å². The quantitative estimate of drug-likeness (QED) is 0.717. The van der Waals surface area contributed by atoms with E-state index in [1.165, 1.54) is 4.31 Å².